The third-order valence-corrected chi connectivity index (χ3v) is 5.15. The monoisotopic (exact) mass is 300 g/mol. The molecular formula is C15H28N2O2S. The largest absolute Gasteiger partial charge is 0.340 e. The Bertz CT molecular complexity index is 356. The predicted molar refractivity (Wildman–Crippen MR) is 84.8 cm³/mol. The standard InChI is InChI=1S/C15H28N2O2S/c1-6-11(4)12-13(18)16-15(7-2,8-3)14(19)17(12)9-10-20-5/h11-12H,6-10H2,1-5H3,(H,16,18). The van der Waals surface area contributed by atoms with E-state index in [1.807, 2.05) is 25.0 Å². The zero-order valence-electron chi connectivity index (χ0n) is 13.4. The molecule has 4 nitrogen and oxygen atoms in total. The third-order valence-electron chi connectivity index (χ3n) is 4.56. The van der Waals surface area contributed by atoms with Crippen molar-refractivity contribution in [3.05, 3.63) is 0 Å². The first-order chi connectivity index (χ1) is 9.47. The maximum Gasteiger partial charge on any atom is 0.249 e. The average Bonchev–Trinajstić information content (AvgIpc) is 2.46. The lowest BCUT2D eigenvalue weighted by Gasteiger charge is -2.47. The maximum atomic E-state index is 12.9. The van der Waals surface area contributed by atoms with Crippen molar-refractivity contribution in [2.24, 2.45) is 5.92 Å². The molecule has 2 atom stereocenters. The second-order valence-corrected chi connectivity index (χ2v) is 6.59. The van der Waals surface area contributed by atoms with Crippen LogP contribution in [0.2, 0.25) is 0 Å². The summed E-state index contributed by atoms with van der Waals surface area (Å²) < 4.78 is 0. The van der Waals surface area contributed by atoms with Gasteiger partial charge in [-0.05, 0) is 25.0 Å². The Kier molecular flexibility index (Phi) is 6.37. The zero-order valence-corrected chi connectivity index (χ0v) is 14.2. The SMILES string of the molecule is CCC(C)C1C(=O)NC(CC)(CC)C(=O)N1CCSC. The molecule has 0 radical (unpaired) electrons. The quantitative estimate of drug-likeness (QED) is 0.785. The van der Waals surface area contributed by atoms with E-state index >= 15 is 0 Å². The molecule has 0 aromatic heterocycles. The Balaban J connectivity index is 3.10. The second kappa shape index (κ2) is 7.34. The van der Waals surface area contributed by atoms with Gasteiger partial charge in [0.05, 0.1) is 0 Å². The Hall–Kier alpha value is -0.710. The summed E-state index contributed by atoms with van der Waals surface area (Å²) in [6.07, 6.45) is 4.22. The van der Waals surface area contributed by atoms with Gasteiger partial charge in [0, 0.05) is 12.3 Å². The van der Waals surface area contributed by atoms with Gasteiger partial charge in [0.25, 0.3) is 0 Å². The van der Waals surface area contributed by atoms with Crippen LogP contribution in [0.15, 0.2) is 0 Å². The van der Waals surface area contributed by atoms with E-state index in [0.29, 0.717) is 19.4 Å². The van der Waals surface area contributed by atoms with Crippen LogP contribution in [0, 0.1) is 5.92 Å². The van der Waals surface area contributed by atoms with E-state index in [9.17, 15) is 9.59 Å². The summed E-state index contributed by atoms with van der Waals surface area (Å²) in [4.78, 5) is 27.3. The molecule has 20 heavy (non-hydrogen) atoms. The van der Waals surface area contributed by atoms with Crippen molar-refractivity contribution in [2.75, 3.05) is 18.6 Å². The number of thioether (sulfide) groups is 1. The highest BCUT2D eigenvalue weighted by Crippen LogP contribution is 2.28. The van der Waals surface area contributed by atoms with Crippen LogP contribution in [0.1, 0.15) is 47.0 Å². The molecule has 1 fully saturated rings. The Morgan fingerprint density at radius 3 is 2.35 bits per heavy atom. The van der Waals surface area contributed by atoms with E-state index in [1.165, 1.54) is 0 Å². The molecule has 1 heterocycles. The van der Waals surface area contributed by atoms with Crippen LogP contribution in [-0.4, -0.2) is 46.8 Å². The minimum atomic E-state index is -0.695. The smallest absolute Gasteiger partial charge is 0.249 e. The fraction of sp³-hybridized carbons (Fsp3) is 0.867. The van der Waals surface area contributed by atoms with Gasteiger partial charge in [-0.1, -0.05) is 34.1 Å². The predicted octanol–water partition coefficient (Wildman–Crippen LogP) is 2.28. The van der Waals surface area contributed by atoms with Crippen LogP contribution in [0.5, 0.6) is 0 Å². The summed E-state index contributed by atoms with van der Waals surface area (Å²) in [6, 6.07) is -0.314. The summed E-state index contributed by atoms with van der Waals surface area (Å²) >= 11 is 1.71. The molecule has 1 N–H and O–H groups in total. The molecule has 5 heteroatoms. The fourth-order valence-corrected chi connectivity index (χ4v) is 3.23. The van der Waals surface area contributed by atoms with Crippen molar-refractivity contribution < 1.29 is 9.59 Å². The van der Waals surface area contributed by atoms with E-state index in [0.717, 1.165) is 12.2 Å². The number of rotatable bonds is 7. The summed E-state index contributed by atoms with van der Waals surface area (Å²) in [7, 11) is 0. The summed E-state index contributed by atoms with van der Waals surface area (Å²) in [5.74, 6) is 1.17. The highest BCUT2D eigenvalue weighted by atomic mass is 32.2. The topological polar surface area (TPSA) is 49.4 Å². The number of piperazine rings is 1. The molecule has 2 amide bonds. The number of amides is 2. The first kappa shape index (κ1) is 17.3. The molecule has 1 saturated heterocycles. The highest BCUT2D eigenvalue weighted by molar-refractivity contribution is 7.98. The van der Waals surface area contributed by atoms with E-state index < -0.39 is 5.54 Å². The van der Waals surface area contributed by atoms with E-state index in [4.69, 9.17) is 0 Å². The van der Waals surface area contributed by atoms with E-state index in [-0.39, 0.29) is 23.8 Å². The van der Waals surface area contributed by atoms with Gasteiger partial charge in [-0.3, -0.25) is 9.59 Å². The van der Waals surface area contributed by atoms with Crippen LogP contribution in [-0.2, 0) is 9.59 Å². The summed E-state index contributed by atoms with van der Waals surface area (Å²) in [5.41, 5.74) is -0.695. The van der Waals surface area contributed by atoms with Gasteiger partial charge in [0.1, 0.15) is 11.6 Å². The van der Waals surface area contributed by atoms with Crippen molar-refractivity contribution in [3.63, 3.8) is 0 Å². The van der Waals surface area contributed by atoms with Crippen LogP contribution in [0.3, 0.4) is 0 Å². The van der Waals surface area contributed by atoms with Crippen molar-refractivity contribution in [1.29, 1.82) is 0 Å². The molecule has 2 unspecified atom stereocenters. The van der Waals surface area contributed by atoms with Gasteiger partial charge in [-0.25, -0.2) is 0 Å². The van der Waals surface area contributed by atoms with Gasteiger partial charge in [0.15, 0.2) is 0 Å². The molecule has 1 aliphatic heterocycles. The normalized spacial score (nSPS) is 23.6. The van der Waals surface area contributed by atoms with Gasteiger partial charge in [-0.2, -0.15) is 11.8 Å². The molecule has 1 rings (SSSR count). The molecule has 0 aromatic carbocycles. The average molecular weight is 300 g/mol. The Labute approximate surface area is 127 Å². The highest BCUT2D eigenvalue weighted by Gasteiger charge is 2.49. The van der Waals surface area contributed by atoms with Gasteiger partial charge in [-0.15, -0.1) is 0 Å². The fourth-order valence-electron chi connectivity index (χ4n) is 2.85. The van der Waals surface area contributed by atoms with E-state index in [1.54, 1.807) is 11.8 Å². The minimum Gasteiger partial charge on any atom is -0.340 e. The van der Waals surface area contributed by atoms with Crippen LogP contribution in [0.4, 0.5) is 0 Å². The number of carbonyl (C=O) groups excluding carboxylic acids is 2. The number of nitrogens with one attached hydrogen (secondary N) is 1. The maximum absolute atomic E-state index is 12.9. The number of hydrogen-bond acceptors (Lipinski definition) is 3. The molecule has 0 saturated carbocycles. The summed E-state index contributed by atoms with van der Waals surface area (Å²) in [5, 5.41) is 3.01. The Morgan fingerprint density at radius 1 is 1.30 bits per heavy atom. The van der Waals surface area contributed by atoms with Crippen molar-refractivity contribution >= 4 is 23.6 Å². The van der Waals surface area contributed by atoms with Crippen LogP contribution in [0.25, 0.3) is 0 Å². The van der Waals surface area contributed by atoms with Crippen molar-refractivity contribution in [2.45, 2.75) is 58.5 Å². The molecular weight excluding hydrogens is 272 g/mol. The number of carbonyl (C=O) groups is 2. The molecule has 0 bridgehead atoms. The lowest BCUT2D eigenvalue weighted by Crippen LogP contribution is -2.71. The lowest BCUT2D eigenvalue weighted by atomic mass is 9.84. The zero-order chi connectivity index (χ0) is 15.3. The number of nitrogens with zero attached hydrogens (tertiary/aromatic N) is 1. The van der Waals surface area contributed by atoms with Gasteiger partial charge < -0.3 is 10.2 Å². The molecule has 0 aromatic rings. The van der Waals surface area contributed by atoms with Crippen molar-refractivity contribution in [1.82, 2.24) is 10.2 Å². The first-order valence-corrected chi connectivity index (χ1v) is 8.98. The molecule has 0 aliphatic carbocycles. The molecule has 116 valence electrons. The molecule has 0 spiro atoms. The first-order valence-electron chi connectivity index (χ1n) is 7.59. The van der Waals surface area contributed by atoms with Gasteiger partial charge in [0.2, 0.25) is 11.8 Å². The Morgan fingerprint density at radius 2 is 1.90 bits per heavy atom. The van der Waals surface area contributed by atoms with Crippen LogP contribution < -0.4 is 5.32 Å². The third kappa shape index (κ3) is 3.13. The minimum absolute atomic E-state index is 0.0174. The lowest BCUT2D eigenvalue weighted by molar-refractivity contribution is -0.157. The summed E-state index contributed by atoms with van der Waals surface area (Å²) in [6.45, 7) is 8.71. The number of hydrogen-bond donors (Lipinski definition) is 1. The molecule has 1 aliphatic rings. The van der Waals surface area contributed by atoms with Crippen LogP contribution >= 0.6 is 11.8 Å². The van der Waals surface area contributed by atoms with Crippen molar-refractivity contribution in [3.8, 4) is 0 Å². The van der Waals surface area contributed by atoms with E-state index in [2.05, 4.69) is 19.2 Å². The second-order valence-electron chi connectivity index (χ2n) is 5.60. The van der Waals surface area contributed by atoms with Gasteiger partial charge >= 0.3 is 0 Å².